The Morgan fingerprint density at radius 2 is 1.00 bits per heavy atom. The van der Waals surface area contributed by atoms with Gasteiger partial charge in [-0.2, -0.15) is 0 Å². The van der Waals surface area contributed by atoms with Crippen molar-refractivity contribution >= 4 is 12.2 Å². The van der Waals surface area contributed by atoms with Crippen molar-refractivity contribution < 1.29 is 19.1 Å². The number of rotatable bonds is 2. The number of carbonyl (C=O) groups is 2. The largest absolute Gasteiger partial charge is 0.444 e. The Kier molecular flexibility index (Phi) is 7.00. The minimum absolute atomic E-state index is 0.216. The molecule has 0 aliphatic carbocycles. The Morgan fingerprint density at radius 1 is 0.704 bits per heavy atom. The Labute approximate surface area is 163 Å². The Balaban J connectivity index is 1.69. The summed E-state index contributed by atoms with van der Waals surface area (Å²) < 4.78 is 10.9. The van der Waals surface area contributed by atoms with Gasteiger partial charge in [0.05, 0.1) is 0 Å². The van der Waals surface area contributed by atoms with E-state index < -0.39 is 11.2 Å². The fraction of sp³-hybridized carbons (Fsp3) is 0.900. The van der Waals surface area contributed by atoms with Crippen LogP contribution in [0.25, 0.3) is 0 Å². The SMILES string of the molecule is CC(C)(C)OC(=O)N1CCC(NC2CCN(C(=O)OC(C)(C)C)CC2)CC1. The van der Waals surface area contributed by atoms with Crippen LogP contribution in [0.1, 0.15) is 67.2 Å². The average molecular weight is 384 g/mol. The molecule has 0 aromatic carbocycles. The highest BCUT2D eigenvalue weighted by Gasteiger charge is 2.30. The van der Waals surface area contributed by atoms with E-state index in [2.05, 4.69) is 5.32 Å². The van der Waals surface area contributed by atoms with Gasteiger partial charge in [0, 0.05) is 38.3 Å². The van der Waals surface area contributed by atoms with Gasteiger partial charge in [-0.05, 0) is 67.2 Å². The lowest BCUT2D eigenvalue weighted by atomic mass is 10.00. The van der Waals surface area contributed by atoms with Gasteiger partial charge in [0.15, 0.2) is 0 Å². The van der Waals surface area contributed by atoms with E-state index in [1.165, 1.54) is 0 Å². The second-order valence-electron chi connectivity index (χ2n) is 9.65. The molecule has 2 amide bonds. The fourth-order valence-corrected chi connectivity index (χ4v) is 3.44. The van der Waals surface area contributed by atoms with Crippen LogP contribution in [-0.4, -0.2) is 71.5 Å². The quantitative estimate of drug-likeness (QED) is 0.791. The monoisotopic (exact) mass is 383 g/mol. The third kappa shape index (κ3) is 7.56. The lowest BCUT2D eigenvalue weighted by Crippen LogP contribution is -2.52. The number of piperidine rings is 2. The van der Waals surface area contributed by atoms with Gasteiger partial charge in [-0.3, -0.25) is 0 Å². The summed E-state index contributed by atoms with van der Waals surface area (Å²) in [5.41, 5.74) is -0.900. The zero-order chi connectivity index (χ0) is 20.2. The zero-order valence-electron chi connectivity index (χ0n) is 17.8. The summed E-state index contributed by atoms with van der Waals surface area (Å²) in [5.74, 6) is 0. The van der Waals surface area contributed by atoms with Crippen LogP contribution >= 0.6 is 0 Å². The number of amides is 2. The molecule has 0 unspecified atom stereocenters. The third-order valence-electron chi connectivity index (χ3n) is 4.76. The summed E-state index contributed by atoms with van der Waals surface area (Å²) in [6, 6.07) is 0.837. The van der Waals surface area contributed by atoms with E-state index in [-0.39, 0.29) is 12.2 Å². The first-order valence-corrected chi connectivity index (χ1v) is 10.1. The molecule has 0 bridgehead atoms. The number of nitrogens with one attached hydrogen (secondary N) is 1. The van der Waals surface area contributed by atoms with Crippen molar-refractivity contribution in [1.29, 1.82) is 0 Å². The molecule has 1 N–H and O–H groups in total. The van der Waals surface area contributed by atoms with Crippen LogP contribution in [0.2, 0.25) is 0 Å². The van der Waals surface area contributed by atoms with Crippen LogP contribution in [0.5, 0.6) is 0 Å². The van der Waals surface area contributed by atoms with Gasteiger partial charge in [0.1, 0.15) is 11.2 Å². The van der Waals surface area contributed by atoms with E-state index >= 15 is 0 Å². The Morgan fingerprint density at radius 3 is 1.26 bits per heavy atom. The van der Waals surface area contributed by atoms with Crippen LogP contribution in [-0.2, 0) is 9.47 Å². The molecule has 7 nitrogen and oxygen atoms in total. The van der Waals surface area contributed by atoms with Crippen molar-refractivity contribution in [3.05, 3.63) is 0 Å². The molecule has 2 heterocycles. The summed E-state index contributed by atoms with van der Waals surface area (Å²) in [5, 5.41) is 3.72. The summed E-state index contributed by atoms with van der Waals surface area (Å²) in [4.78, 5) is 27.9. The van der Waals surface area contributed by atoms with Crippen LogP contribution in [0, 0.1) is 0 Å². The molecule has 0 saturated carbocycles. The van der Waals surface area contributed by atoms with Crippen molar-refractivity contribution in [3.63, 3.8) is 0 Å². The highest BCUT2D eigenvalue weighted by molar-refractivity contribution is 5.68. The molecule has 2 rings (SSSR count). The minimum atomic E-state index is -0.450. The van der Waals surface area contributed by atoms with E-state index in [1.807, 2.05) is 41.5 Å². The van der Waals surface area contributed by atoms with Crippen LogP contribution in [0.3, 0.4) is 0 Å². The van der Waals surface area contributed by atoms with Crippen LogP contribution < -0.4 is 5.32 Å². The van der Waals surface area contributed by atoms with Crippen molar-refractivity contribution in [2.24, 2.45) is 0 Å². The number of hydrogen-bond donors (Lipinski definition) is 1. The normalized spacial score (nSPS) is 20.5. The first-order valence-electron chi connectivity index (χ1n) is 10.1. The summed E-state index contributed by atoms with van der Waals surface area (Å²) in [6.45, 7) is 14.3. The molecule has 0 atom stereocenters. The van der Waals surface area contributed by atoms with Crippen molar-refractivity contribution in [2.45, 2.75) is 90.5 Å². The standard InChI is InChI=1S/C20H37N3O4/c1-19(2,3)26-17(24)22-11-7-15(8-12-22)21-16-9-13-23(14-10-16)18(25)27-20(4,5)6/h15-16,21H,7-14H2,1-6H3. The number of likely N-dealkylation sites (tertiary alicyclic amines) is 2. The molecule has 2 aliphatic heterocycles. The van der Waals surface area contributed by atoms with E-state index in [1.54, 1.807) is 9.80 Å². The van der Waals surface area contributed by atoms with Crippen molar-refractivity contribution in [2.75, 3.05) is 26.2 Å². The van der Waals surface area contributed by atoms with Gasteiger partial charge >= 0.3 is 12.2 Å². The predicted octanol–water partition coefficient (Wildman–Crippen LogP) is 3.38. The molecular formula is C20H37N3O4. The highest BCUT2D eigenvalue weighted by atomic mass is 16.6. The molecule has 2 aliphatic rings. The molecule has 0 radical (unpaired) electrons. The number of carbonyl (C=O) groups excluding carboxylic acids is 2. The lowest BCUT2D eigenvalue weighted by molar-refractivity contribution is 0.0176. The van der Waals surface area contributed by atoms with Gasteiger partial charge in [0.2, 0.25) is 0 Å². The van der Waals surface area contributed by atoms with Gasteiger partial charge < -0.3 is 24.6 Å². The van der Waals surface area contributed by atoms with Gasteiger partial charge in [-0.1, -0.05) is 0 Å². The van der Waals surface area contributed by atoms with Crippen molar-refractivity contribution in [3.8, 4) is 0 Å². The lowest BCUT2D eigenvalue weighted by Gasteiger charge is -2.38. The number of nitrogens with zero attached hydrogens (tertiary/aromatic N) is 2. The molecular weight excluding hydrogens is 346 g/mol. The van der Waals surface area contributed by atoms with Crippen LogP contribution in [0.15, 0.2) is 0 Å². The van der Waals surface area contributed by atoms with E-state index in [0.717, 1.165) is 51.9 Å². The highest BCUT2D eigenvalue weighted by Crippen LogP contribution is 2.19. The zero-order valence-corrected chi connectivity index (χ0v) is 17.8. The molecule has 7 heteroatoms. The summed E-state index contributed by atoms with van der Waals surface area (Å²) in [7, 11) is 0. The van der Waals surface area contributed by atoms with E-state index in [0.29, 0.717) is 12.1 Å². The molecule has 2 saturated heterocycles. The maximum Gasteiger partial charge on any atom is 0.410 e. The molecule has 0 aromatic heterocycles. The van der Waals surface area contributed by atoms with Gasteiger partial charge in [-0.15, -0.1) is 0 Å². The summed E-state index contributed by atoms with van der Waals surface area (Å²) in [6.07, 6.45) is 3.31. The average Bonchev–Trinajstić information content (AvgIpc) is 2.53. The molecule has 0 spiro atoms. The molecule has 2 fully saturated rings. The van der Waals surface area contributed by atoms with Crippen LogP contribution in [0.4, 0.5) is 9.59 Å². The second-order valence-corrected chi connectivity index (χ2v) is 9.65. The first-order chi connectivity index (χ1) is 12.4. The topological polar surface area (TPSA) is 71.1 Å². The van der Waals surface area contributed by atoms with E-state index in [4.69, 9.17) is 9.47 Å². The maximum absolute atomic E-state index is 12.1. The Hall–Kier alpha value is -1.50. The van der Waals surface area contributed by atoms with Gasteiger partial charge in [0.25, 0.3) is 0 Å². The minimum Gasteiger partial charge on any atom is -0.444 e. The number of hydrogen-bond acceptors (Lipinski definition) is 5. The summed E-state index contributed by atoms with van der Waals surface area (Å²) >= 11 is 0. The van der Waals surface area contributed by atoms with E-state index in [9.17, 15) is 9.59 Å². The third-order valence-corrected chi connectivity index (χ3v) is 4.76. The molecule has 156 valence electrons. The number of ether oxygens (including phenoxy) is 2. The Bertz CT molecular complexity index is 462. The predicted molar refractivity (Wildman–Crippen MR) is 105 cm³/mol. The molecule has 27 heavy (non-hydrogen) atoms. The van der Waals surface area contributed by atoms with Crippen molar-refractivity contribution in [1.82, 2.24) is 15.1 Å². The second kappa shape index (κ2) is 8.67. The first kappa shape index (κ1) is 21.8. The fourth-order valence-electron chi connectivity index (χ4n) is 3.44. The molecule has 0 aromatic rings. The smallest absolute Gasteiger partial charge is 0.410 e. The van der Waals surface area contributed by atoms with Gasteiger partial charge in [-0.25, -0.2) is 9.59 Å². The maximum atomic E-state index is 12.1.